The Bertz CT molecular complexity index is 392. The fourth-order valence-electron chi connectivity index (χ4n) is 1.86. The van der Waals surface area contributed by atoms with Crippen LogP contribution in [0.15, 0.2) is 29.2 Å². The Kier molecular flexibility index (Phi) is 6.95. The minimum Gasteiger partial charge on any atom is -0.349 e. The van der Waals surface area contributed by atoms with Gasteiger partial charge in [0.15, 0.2) is 0 Å². The maximum absolute atomic E-state index is 11.9. The number of amides is 1. The van der Waals surface area contributed by atoms with Crippen LogP contribution in [0.2, 0.25) is 0 Å². The van der Waals surface area contributed by atoms with E-state index in [4.69, 9.17) is 0 Å². The molecule has 0 saturated heterocycles. The Balaban J connectivity index is 2.57. The SMILES string of the molecule is CCSc1ccc(C(C)NC(=O)C(C)CNC)cc1. The zero-order valence-corrected chi connectivity index (χ0v) is 13.0. The van der Waals surface area contributed by atoms with Gasteiger partial charge in [0.25, 0.3) is 0 Å². The zero-order chi connectivity index (χ0) is 14.3. The smallest absolute Gasteiger partial charge is 0.224 e. The molecule has 0 radical (unpaired) electrons. The largest absolute Gasteiger partial charge is 0.349 e. The highest BCUT2D eigenvalue weighted by Gasteiger charge is 2.15. The highest BCUT2D eigenvalue weighted by molar-refractivity contribution is 7.99. The lowest BCUT2D eigenvalue weighted by Crippen LogP contribution is -2.35. The van der Waals surface area contributed by atoms with Gasteiger partial charge < -0.3 is 10.6 Å². The van der Waals surface area contributed by atoms with E-state index in [1.807, 2.05) is 32.7 Å². The lowest BCUT2D eigenvalue weighted by atomic mass is 10.1. The molecule has 0 aliphatic rings. The summed E-state index contributed by atoms with van der Waals surface area (Å²) in [5.74, 6) is 1.16. The Morgan fingerprint density at radius 3 is 2.42 bits per heavy atom. The van der Waals surface area contributed by atoms with Crippen LogP contribution in [0.1, 0.15) is 32.4 Å². The van der Waals surface area contributed by atoms with Crippen LogP contribution in [-0.4, -0.2) is 25.3 Å². The van der Waals surface area contributed by atoms with Crippen molar-refractivity contribution >= 4 is 17.7 Å². The Labute approximate surface area is 120 Å². The molecular formula is C15H24N2OS. The summed E-state index contributed by atoms with van der Waals surface area (Å²) in [6.07, 6.45) is 0. The number of thioether (sulfide) groups is 1. The molecule has 2 atom stereocenters. The minimum absolute atomic E-state index is 0.0117. The average Bonchev–Trinajstić information content (AvgIpc) is 2.40. The normalized spacial score (nSPS) is 13.9. The van der Waals surface area contributed by atoms with Crippen LogP contribution < -0.4 is 10.6 Å². The van der Waals surface area contributed by atoms with Gasteiger partial charge in [-0.15, -0.1) is 11.8 Å². The maximum Gasteiger partial charge on any atom is 0.224 e. The van der Waals surface area contributed by atoms with Crippen LogP contribution in [0.5, 0.6) is 0 Å². The van der Waals surface area contributed by atoms with E-state index in [0.717, 1.165) is 11.3 Å². The van der Waals surface area contributed by atoms with E-state index < -0.39 is 0 Å². The van der Waals surface area contributed by atoms with Gasteiger partial charge in [-0.05, 0) is 37.4 Å². The highest BCUT2D eigenvalue weighted by atomic mass is 32.2. The Morgan fingerprint density at radius 2 is 1.89 bits per heavy atom. The summed E-state index contributed by atoms with van der Waals surface area (Å²) in [6, 6.07) is 8.46. The minimum atomic E-state index is -0.0117. The van der Waals surface area contributed by atoms with Crippen molar-refractivity contribution in [3.63, 3.8) is 0 Å². The number of hydrogen-bond acceptors (Lipinski definition) is 3. The third-order valence-electron chi connectivity index (χ3n) is 3.01. The molecule has 106 valence electrons. The van der Waals surface area contributed by atoms with Gasteiger partial charge in [0, 0.05) is 17.4 Å². The second kappa shape index (κ2) is 8.23. The highest BCUT2D eigenvalue weighted by Crippen LogP contribution is 2.20. The number of hydrogen-bond donors (Lipinski definition) is 2. The lowest BCUT2D eigenvalue weighted by Gasteiger charge is -2.18. The predicted molar refractivity (Wildman–Crippen MR) is 82.5 cm³/mol. The van der Waals surface area contributed by atoms with Gasteiger partial charge in [-0.2, -0.15) is 0 Å². The van der Waals surface area contributed by atoms with Crippen molar-refractivity contribution in [3.8, 4) is 0 Å². The molecule has 0 bridgehead atoms. The first-order valence-electron chi connectivity index (χ1n) is 6.76. The molecule has 2 N–H and O–H groups in total. The molecule has 1 amide bonds. The maximum atomic E-state index is 11.9. The van der Waals surface area contributed by atoms with Crippen LogP contribution in [0, 0.1) is 5.92 Å². The molecule has 0 spiro atoms. The second-order valence-corrected chi connectivity index (χ2v) is 6.03. The quantitative estimate of drug-likeness (QED) is 0.755. The van der Waals surface area contributed by atoms with Crippen LogP contribution in [-0.2, 0) is 4.79 Å². The molecule has 0 aliphatic heterocycles. The standard InChI is InChI=1S/C15H24N2OS/c1-5-19-14-8-6-13(7-9-14)12(3)17-15(18)11(2)10-16-4/h6-9,11-12,16H,5,10H2,1-4H3,(H,17,18). The third-order valence-corrected chi connectivity index (χ3v) is 3.90. The summed E-state index contributed by atoms with van der Waals surface area (Å²) >= 11 is 1.83. The van der Waals surface area contributed by atoms with E-state index in [9.17, 15) is 4.79 Å². The Morgan fingerprint density at radius 1 is 1.26 bits per heavy atom. The van der Waals surface area contributed by atoms with E-state index >= 15 is 0 Å². The van der Waals surface area contributed by atoms with E-state index in [1.165, 1.54) is 4.90 Å². The molecule has 0 aromatic heterocycles. The van der Waals surface area contributed by atoms with Gasteiger partial charge in [-0.1, -0.05) is 26.0 Å². The van der Waals surface area contributed by atoms with E-state index in [0.29, 0.717) is 6.54 Å². The first kappa shape index (κ1) is 16.1. The molecule has 0 aliphatic carbocycles. The van der Waals surface area contributed by atoms with Crippen LogP contribution in [0.25, 0.3) is 0 Å². The van der Waals surface area contributed by atoms with Gasteiger partial charge >= 0.3 is 0 Å². The van der Waals surface area contributed by atoms with E-state index in [-0.39, 0.29) is 17.9 Å². The molecule has 0 saturated carbocycles. The van der Waals surface area contributed by atoms with Crippen molar-refractivity contribution in [2.24, 2.45) is 5.92 Å². The van der Waals surface area contributed by atoms with Gasteiger partial charge in [-0.3, -0.25) is 4.79 Å². The van der Waals surface area contributed by atoms with Crippen molar-refractivity contribution in [1.29, 1.82) is 0 Å². The second-order valence-electron chi connectivity index (χ2n) is 4.69. The molecule has 4 heteroatoms. The molecular weight excluding hydrogens is 256 g/mol. The first-order chi connectivity index (χ1) is 9.08. The summed E-state index contributed by atoms with van der Waals surface area (Å²) in [5, 5.41) is 6.07. The summed E-state index contributed by atoms with van der Waals surface area (Å²) < 4.78 is 0. The number of rotatable bonds is 7. The molecule has 1 rings (SSSR count). The molecule has 2 unspecified atom stereocenters. The summed E-state index contributed by atoms with van der Waals surface area (Å²) in [5.41, 5.74) is 1.14. The topological polar surface area (TPSA) is 41.1 Å². The first-order valence-corrected chi connectivity index (χ1v) is 7.74. The van der Waals surface area contributed by atoms with Crippen molar-refractivity contribution in [3.05, 3.63) is 29.8 Å². The number of nitrogens with one attached hydrogen (secondary N) is 2. The van der Waals surface area contributed by atoms with Gasteiger partial charge in [0.2, 0.25) is 5.91 Å². The molecule has 3 nitrogen and oxygen atoms in total. The Hall–Kier alpha value is -1.00. The third kappa shape index (κ3) is 5.25. The molecule has 1 aromatic carbocycles. The zero-order valence-electron chi connectivity index (χ0n) is 12.2. The summed E-state index contributed by atoms with van der Waals surface area (Å²) in [6.45, 7) is 6.79. The van der Waals surface area contributed by atoms with Gasteiger partial charge in [-0.25, -0.2) is 0 Å². The average molecular weight is 280 g/mol. The number of carbonyl (C=O) groups is 1. The van der Waals surface area contributed by atoms with Crippen molar-refractivity contribution in [1.82, 2.24) is 10.6 Å². The monoisotopic (exact) mass is 280 g/mol. The van der Waals surface area contributed by atoms with Gasteiger partial charge in [0.1, 0.15) is 0 Å². The molecule has 0 heterocycles. The van der Waals surface area contributed by atoms with E-state index in [2.05, 4.69) is 41.8 Å². The fraction of sp³-hybridized carbons (Fsp3) is 0.533. The molecule has 1 aromatic rings. The van der Waals surface area contributed by atoms with Crippen molar-refractivity contribution in [2.75, 3.05) is 19.3 Å². The lowest BCUT2D eigenvalue weighted by molar-refractivity contribution is -0.125. The van der Waals surface area contributed by atoms with E-state index in [1.54, 1.807) is 0 Å². The van der Waals surface area contributed by atoms with Crippen molar-refractivity contribution in [2.45, 2.75) is 31.7 Å². The summed E-state index contributed by atoms with van der Waals surface area (Å²) in [4.78, 5) is 13.2. The van der Waals surface area contributed by atoms with Gasteiger partial charge in [0.05, 0.1) is 6.04 Å². The predicted octanol–water partition coefficient (Wildman–Crippen LogP) is 2.83. The van der Waals surface area contributed by atoms with Crippen LogP contribution >= 0.6 is 11.8 Å². The fourth-order valence-corrected chi connectivity index (χ4v) is 2.52. The summed E-state index contributed by atoms with van der Waals surface area (Å²) in [7, 11) is 1.86. The number of carbonyl (C=O) groups excluding carboxylic acids is 1. The molecule has 19 heavy (non-hydrogen) atoms. The molecule has 0 fully saturated rings. The van der Waals surface area contributed by atoms with Crippen LogP contribution in [0.3, 0.4) is 0 Å². The van der Waals surface area contributed by atoms with Crippen LogP contribution in [0.4, 0.5) is 0 Å². The van der Waals surface area contributed by atoms with Crippen molar-refractivity contribution < 1.29 is 4.79 Å². The number of benzene rings is 1.